The van der Waals surface area contributed by atoms with Crippen LogP contribution in [0.4, 0.5) is 0 Å². The van der Waals surface area contributed by atoms with Gasteiger partial charge in [-0.05, 0) is 51.2 Å². The lowest BCUT2D eigenvalue weighted by Gasteiger charge is -2.33. The molecule has 0 N–H and O–H groups in total. The first-order valence-electron chi connectivity index (χ1n) is 7.08. The van der Waals surface area contributed by atoms with Gasteiger partial charge in [-0.3, -0.25) is 4.79 Å². The molecule has 1 fully saturated rings. The van der Waals surface area contributed by atoms with Crippen molar-refractivity contribution in [2.24, 2.45) is 0 Å². The Morgan fingerprint density at radius 2 is 2.00 bits per heavy atom. The van der Waals surface area contributed by atoms with Gasteiger partial charge in [-0.25, -0.2) is 0 Å². The van der Waals surface area contributed by atoms with Crippen LogP contribution >= 0.6 is 0 Å². The molecule has 2 rings (SSSR count). The number of likely N-dealkylation sites (tertiary alicyclic amines) is 1. The van der Waals surface area contributed by atoms with E-state index in [2.05, 4.69) is 6.92 Å². The van der Waals surface area contributed by atoms with Crippen LogP contribution in [0.2, 0.25) is 0 Å². The van der Waals surface area contributed by atoms with E-state index in [0.717, 1.165) is 36.3 Å². The summed E-state index contributed by atoms with van der Waals surface area (Å²) >= 11 is 0. The Kier molecular flexibility index (Phi) is 4.46. The third kappa shape index (κ3) is 3.28. The molecular weight excluding hydrogens is 238 g/mol. The molecule has 1 aliphatic rings. The third-order valence-electron chi connectivity index (χ3n) is 3.87. The van der Waals surface area contributed by atoms with E-state index >= 15 is 0 Å². The van der Waals surface area contributed by atoms with Gasteiger partial charge >= 0.3 is 0 Å². The number of amides is 1. The molecule has 0 spiro atoms. The zero-order valence-electron chi connectivity index (χ0n) is 12.1. The van der Waals surface area contributed by atoms with Crippen molar-refractivity contribution in [2.75, 3.05) is 13.2 Å². The smallest absolute Gasteiger partial charge is 0.260 e. The highest BCUT2D eigenvalue weighted by Gasteiger charge is 2.23. The maximum Gasteiger partial charge on any atom is 0.260 e. The fourth-order valence-corrected chi connectivity index (χ4v) is 2.71. The molecule has 3 heteroatoms. The monoisotopic (exact) mass is 261 g/mol. The highest BCUT2D eigenvalue weighted by atomic mass is 16.5. The molecular formula is C16H23NO2. The van der Waals surface area contributed by atoms with E-state index in [0.29, 0.717) is 6.04 Å². The summed E-state index contributed by atoms with van der Waals surface area (Å²) in [6.45, 7) is 7.16. The molecule has 0 aliphatic carbocycles. The van der Waals surface area contributed by atoms with Crippen LogP contribution in [0, 0.1) is 13.8 Å². The minimum Gasteiger partial charge on any atom is -0.483 e. The van der Waals surface area contributed by atoms with E-state index in [1.165, 1.54) is 6.42 Å². The molecule has 1 unspecified atom stereocenters. The summed E-state index contributed by atoms with van der Waals surface area (Å²) in [5, 5.41) is 0. The maximum atomic E-state index is 12.2. The molecule has 1 aliphatic heterocycles. The van der Waals surface area contributed by atoms with E-state index < -0.39 is 0 Å². The van der Waals surface area contributed by atoms with Gasteiger partial charge in [-0.1, -0.05) is 18.2 Å². The number of aryl methyl sites for hydroxylation is 2. The summed E-state index contributed by atoms with van der Waals surface area (Å²) in [5.74, 6) is 0.954. The SMILES string of the molecule is Cc1cccc(C)c1OCC(=O)N1CCCCC1C. The number of ether oxygens (including phenoxy) is 1. The minimum atomic E-state index is 0.106. The van der Waals surface area contributed by atoms with E-state index in [1.807, 2.05) is 36.9 Å². The van der Waals surface area contributed by atoms with Gasteiger partial charge in [-0.2, -0.15) is 0 Å². The summed E-state index contributed by atoms with van der Waals surface area (Å²) in [6.07, 6.45) is 3.44. The predicted octanol–water partition coefficient (Wildman–Crippen LogP) is 3.08. The lowest BCUT2D eigenvalue weighted by atomic mass is 10.0. The Bertz CT molecular complexity index is 436. The molecule has 1 atom stereocenters. The van der Waals surface area contributed by atoms with E-state index in [9.17, 15) is 4.79 Å². The van der Waals surface area contributed by atoms with Gasteiger partial charge < -0.3 is 9.64 Å². The lowest BCUT2D eigenvalue weighted by Crippen LogP contribution is -2.44. The summed E-state index contributed by atoms with van der Waals surface area (Å²) in [7, 11) is 0. The van der Waals surface area contributed by atoms with Crippen molar-refractivity contribution in [3.8, 4) is 5.75 Å². The number of nitrogens with zero attached hydrogens (tertiary/aromatic N) is 1. The lowest BCUT2D eigenvalue weighted by molar-refractivity contribution is -0.136. The first-order valence-corrected chi connectivity index (χ1v) is 7.08. The summed E-state index contributed by atoms with van der Waals surface area (Å²) < 4.78 is 5.74. The van der Waals surface area contributed by atoms with Crippen molar-refractivity contribution in [3.05, 3.63) is 29.3 Å². The second-order valence-corrected chi connectivity index (χ2v) is 5.44. The van der Waals surface area contributed by atoms with Crippen LogP contribution in [0.25, 0.3) is 0 Å². The van der Waals surface area contributed by atoms with Gasteiger partial charge in [0.25, 0.3) is 5.91 Å². The zero-order valence-corrected chi connectivity index (χ0v) is 12.1. The van der Waals surface area contributed by atoms with Crippen LogP contribution in [0.3, 0.4) is 0 Å². The molecule has 0 bridgehead atoms. The van der Waals surface area contributed by atoms with Gasteiger partial charge in [0.05, 0.1) is 0 Å². The topological polar surface area (TPSA) is 29.5 Å². The Labute approximate surface area is 115 Å². The van der Waals surface area contributed by atoms with E-state index in [1.54, 1.807) is 0 Å². The van der Waals surface area contributed by atoms with Crippen LogP contribution in [0.1, 0.15) is 37.3 Å². The maximum absolute atomic E-state index is 12.2. The van der Waals surface area contributed by atoms with Gasteiger partial charge in [0, 0.05) is 12.6 Å². The van der Waals surface area contributed by atoms with Crippen LogP contribution < -0.4 is 4.74 Å². The molecule has 1 heterocycles. The second kappa shape index (κ2) is 6.09. The summed E-state index contributed by atoms with van der Waals surface area (Å²) in [5.41, 5.74) is 2.17. The number of benzene rings is 1. The number of carbonyl (C=O) groups is 1. The highest BCUT2D eigenvalue weighted by molar-refractivity contribution is 5.78. The number of hydrogen-bond donors (Lipinski definition) is 0. The second-order valence-electron chi connectivity index (χ2n) is 5.44. The van der Waals surface area contributed by atoms with E-state index in [4.69, 9.17) is 4.74 Å². The first-order chi connectivity index (χ1) is 9.09. The van der Waals surface area contributed by atoms with Gasteiger partial charge in [0.2, 0.25) is 0 Å². The fraction of sp³-hybridized carbons (Fsp3) is 0.562. The summed E-state index contributed by atoms with van der Waals surface area (Å²) in [6, 6.07) is 6.38. The Morgan fingerprint density at radius 1 is 1.32 bits per heavy atom. The molecule has 0 saturated carbocycles. The van der Waals surface area contributed by atoms with Crippen LogP contribution in [0.5, 0.6) is 5.75 Å². The Morgan fingerprint density at radius 3 is 2.63 bits per heavy atom. The first kappa shape index (κ1) is 13.9. The molecule has 0 aromatic heterocycles. The van der Waals surface area contributed by atoms with E-state index in [-0.39, 0.29) is 12.5 Å². The molecule has 3 nitrogen and oxygen atoms in total. The molecule has 1 aromatic carbocycles. The molecule has 1 amide bonds. The minimum absolute atomic E-state index is 0.106. The van der Waals surface area contributed by atoms with Crippen LogP contribution in [0.15, 0.2) is 18.2 Å². The van der Waals surface area contributed by atoms with Crippen molar-refractivity contribution in [1.82, 2.24) is 4.90 Å². The summed E-state index contributed by atoms with van der Waals surface area (Å²) in [4.78, 5) is 14.2. The van der Waals surface area contributed by atoms with Crippen LogP contribution in [-0.4, -0.2) is 30.0 Å². The molecule has 104 valence electrons. The third-order valence-corrected chi connectivity index (χ3v) is 3.87. The molecule has 1 aromatic rings. The van der Waals surface area contributed by atoms with Gasteiger partial charge in [0.15, 0.2) is 6.61 Å². The van der Waals surface area contributed by atoms with Crippen molar-refractivity contribution in [1.29, 1.82) is 0 Å². The van der Waals surface area contributed by atoms with Crippen molar-refractivity contribution < 1.29 is 9.53 Å². The predicted molar refractivity (Wildman–Crippen MR) is 76.4 cm³/mol. The van der Waals surface area contributed by atoms with Crippen molar-refractivity contribution in [2.45, 2.75) is 46.1 Å². The molecule has 0 radical (unpaired) electrons. The number of piperidine rings is 1. The number of hydrogen-bond acceptors (Lipinski definition) is 2. The largest absolute Gasteiger partial charge is 0.483 e. The molecule has 1 saturated heterocycles. The average molecular weight is 261 g/mol. The Hall–Kier alpha value is -1.51. The van der Waals surface area contributed by atoms with Crippen molar-refractivity contribution in [3.63, 3.8) is 0 Å². The van der Waals surface area contributed by atoms with Gasteiger partial charge in [-0.15, -0.1) is 0 Å². The Balaban J connectivity index is 1.96. The fourth-order valence-electron chi connectivity index (χ4n) is 2.71. The van der Waals surface area contributed by atoms with Crippen molar-refractivity contribution >= 4 is 5.91 Å². The van der Waals surface area contributed by atoms with Gasteiger partial charge in [0.1, 0.15) is 5.75 Å². The average Bonchev–Trinajstić information content (AvgIpc) is 2.38. The normalized spacial score (nSPS) is 19.3. The number of para-hydroxylation sites is 1. The number of rotatable bonds is 3. The standard InChI is InChI=1S/C16H23NO2/c1-12-7-6-8-13(2)16(12)19-11-15(18)17-10-5-4-9-14(17)3/h6-8,14H,4-5,9-11H2,1-3H3. The number of carbonyl (C=O) groups excluding carboxylic acids is 1. The quantitative estimate of drug-likeness (QED) is 0.837. The molecule has 19 heavy (non-hydrogen) atoms. The zero-order chi connectivity index (χ0) is 13.8. The van der Waals surface area contributed by atoms with Crippen LogP contribution in [-0.2, 0) is 4.79 Å². The highest BCUT2D eigenvalue weighted by Crippen LogP contribution is 2.23.